The molecule has 2 aromatic heterocycles. The number of rotatable bonds is 4. The molecule has 0 amide bonds. The molecule has 20 heavy (non-hydrogen) atoms. The van der Waals surface area contributed by atoms with E-state index in [9.17, 15) is 4.79 Å². The number of hydrogen-bond acceptors (Lipinski definition) is 3. The largest absolute Gasteiger partial charge is 0.288 e. The molecule has 0 aromatic carbocycles. The third-order valence-electron chi connectivity index (χ3n) is 2.62. The van der Waals surface area contributed by atoms with Gasteiger partial charge >= 0.3 is 0 Å². The van der Waals surface area contributed by atoms with Gasteiger partial charge in [-0.1, -0.05) is 55.1 Å². The molecule has 104 valence electrons. The van der Waals surface area contributed by atoms with E-state index in [0.717, 1.165) is 0 Å². The van der Waals surface area contributed by atoms with Crippen LogP contribution in [0.25, 0.3) is 0 Å². The summed E-state index contributed by atoms with van der Waals surface area (Å²) in [4.78, 5) is 20.9. The Morgan fingerprint density at radius 1 is 0.900 bits per heavy atom. The van der Waals surface area contributed by atoms with Crippen molar-refractivity contribution >= 4 is 60.8 Å². The highest BCUT2D eigenvalue weighted by Gasteiger charge is 2.18. The van der Waals surface area contributed by atoms with Crippen molar-refractivity contribution in [3.63, 3.8) is 0 Å². The third-order valence-corrected chi connectivity index (χ3v) is 4.11. The van der Waals surface area contributed by atoms with E-state index in [1.54, 1.807) is 24.3 Å². The summed E-state index contributed by atoms with van der Waals surface area (Å²) in [5.41, 5.74) is 2.19. The molecule has 0 fully saturated rings. The Morgan fingerprint density at radius 2 is 1.30 bits per heavy atom. The van der Waals surface area contributed by atoms with Gasteiger partial charge in [-0.05, 0) is 24.3 Å². The summed E-state index contributed by atoms with van der Waals surface area (Å²) in [6, 6.07) is 6.53. The minimum atomic E-state index is -0.151. The van der Waals surface area contributed by atoms with Gasteiger partial charge in [-0.25, -0.2) is 9.97 Å². The van der Waals surface area contributed by atoms with Gasteiger partial charge in [-0.2, -0.15) is 0 Å². The van der Waals surface area contributed by atoms with Crippen molar-refractivity contribution in [3.05, 3.63) is 57.1 Å². The topological polar surface area (TPSA) is 42.9 Å². The molecule has 0 N–H and O–H groups in total. The van der Waals surface area contributed by atoms with Crippen molar-refractivity contribution in [2.24, 2.45) is 0 Å². The van der Waals surface area contributed by atoms with Crippen LogP contribution >= 0.6 is 55.1 Å². The monoisotopic (exact) mass is 436 g/mol. The highest BCUT2D eigenvalue weighted by Crippen LogP contribution is 2.22. The van der Waals surface area contributed by atoms with E-state index in [1.165, 1.54) is 0 Å². The molecule has 0 atom stereocenters. The number of nitrogens with zero attached hydrogens (tertiary/aromatic N) is 2. The maximum atomic E-state index is 12.6. The average Bonchev–Trinajstić information content (AvgIpc) is 2.46. The lowest BCUT2D eigenvalue weighted by Gasteiger charge is -2.09. The molecule has 0 bridgehead atoms. The standard InChI is InChI=1S/C13H8Br2Cl2N2O/c14-5-9-7(1-3-11(16)18-9)13(20)8-2-4-12(17)19-10(8)6-15/h1-4H,5-6H2. The predicted octanol–water partition coefficient (Wildman–Crippen LogP) is 4.80. The van der Waals surface area contributed by atoms with E-state index < -0.39 is 0 Å². The SMILES string of the molecule is O=C(c1ccc(Cl)nc1CBr)c1ccc(Cl)nc1CBr. The molecule has 0 saturated carbocycles. The average molecular weight is 439 g/mol. The maximum Gasteiger partial charge on any atom is 0.196 e. The van der Waals surface area contributed by atoms with E-state index >= 15 is 0 Å². The van der Waals surface area contributed by atoms with Crippen LogP contribution in [-0.4, -0.2) is 15.8 Å². The van der Waals surface area contributed by atoms with Gasteiger partial charge in [0.15, 0.2) is 5.78 Å². The smallest absolute Gasteiger partial charge is 0.196 e. The molecule has 7 heteroatoms. The minimum Gasteiger partial charge on any atom is -0.288 e. The Kier molecular flexibility index (Phi) is 5.55. The van der Waals surface area contributed by atoms with Crippen molar-refractivity contribution in [1.82, 2.24) is 9.97 Å². The van der Waals surface area contributed by atoms with Crippen molar-refractivity contribution in [2.75, 3.05) is 0 Å². The molecule has 3 nitrogen and oxygen atoms in total. The summed E-state index contributed by atoms with van der Waals surface area (Å²) < 4.78 is 0. The van der Waals surface area contributed by atoms with Crippen molar-refractivity contribution in [3.8, 4) is 0 Å². The second-order valence-electron chi connectivity index (χ2n) is 3.85. The first-order valence-corrected chi connectivity index (χ1v) is 8.54. The van der Waals surface area contributed by atoms with E-state index in [0.29, 0.717) is 43.5 Å². The Balaban J connectivity index is 2.51. The molecule has 2 heterocycles. The lowest BCUT2D eigenvalue weighted by atomic mass is 10.0. The lowest BCUT2D eigenvalue weighted by Crippen LogP contribution is -2.10. The van der Waals surface area contributed by atoms with Crippen LogP contribution in [0.4, 0.5) is 0 Å². The van der Waals surface area contributed by atoms with E-state index in [4.69, 9.17) is 23.2 Å². The van der Waals surface area contributed by atoms with Crippen LogP contribution in [0.1, 0.15) is 27.3 Å². The first kappa shape index (κ1) is 15.9. The van der Waals surface area contributed by atoms with E-state index in [1.807, 2.05) is 0 Å². The summed E-state index contributed by atoms with van der Waals surface area (Å²) in [5.74, 6) is -0.151. The molecule has 2 aromatic rings. The number of alkyl halides is 2. The van der Waals surface area contributed by atoms with Crippen LogP contribution in [0.3, 0.4) is 0 Å². The second-order valence-corrected chi connectivity index (χ2v) is 5.75. The fraction of sp³-hybridized carbons (Fsp3) is 0.154. The number of ketones is 1. The van der Waals surface area contributed by atoms with Crippen LogP contribution < -0.4 is 0 Å². The molecule has 0 spiro atoms. The number of carbonyl (C=O) groups excluding carboxylic acids is 1. The summed E-state index contributed by atoms with van der Waals surface area (Å²) >= 11 is 18.3. The molecular formula is C13H8Br2Cl2N2O. The zero-order valence-electron chi connectivity index (χ0n) is 10.0. The summed E-state index contributed by atoms with van der Waals surface area (Å²) in [5, 5.41) is 1.59. The predicted molar refractivity (Wildman–Crippen MR) is 87.2 cm³/mol. The number of carbonyl (C=O) groups is 1. The lowest BCUT2D eigenvalue weighted by molar-refractivity contribution is 0.103. The number of halogens is 4. The fourth-order valence-electron chi connectivity index (χ4n) is 1.71. The quantitative estimate of drug-likeness (QED) is 0.391. The normalized spacial score (nSPS) is 10.6. The van der Waals surface area contributed by atoms with Gasteiger partial charge in [-0.15, -0.1) is 0 Å². The summed E-state index contributed by atoms with van der Waals surface area (Å²) in [6.07, 6.45) is 0. The fourth-order valence-corrected chi connectivity index (χ4v) is 2.90. The first-order chi connectivity index (χ1) is 9.56. The van der Waals surface area contributed by atoms with Gasteiger partial charge in [0.05, 0.1) is 11.4 Å². The van der Waals surface area contributed by atoms with Gasteiger partial charge < -0.3 is 0 Å². The maximum absolute atomic E-state index is 12.6. The highest BCUT2D eigenvalue weighted by molar-refractivity contribution is 9.08. The highest BCUT2D eigenvalue weighted by atomic mass is 79.9. The molecule has 0 saturated heterocycles. The van der Waals surface area contributed by atoms with Gasteiger partial charge in [0.2, 0.25) is 0 Å². The second kappa shape index (κ2) is 6.98. The van der Waals surface area contributed by atoms with Crippen LogP contribution in [0.15, 0.2) is 24.3 Å². The molecule has 0 unspecified atom stereocenters. The van der Waals surface area contributed by atoms with E-state index in [-0.39, 0.29) is 5.78 Å². The Morgan fingerprint density at radius 3 is 1.65 bits per heavy atom. The van der Waals surface area contributed by atoms with Gasteiger partial charge in [0, 0.05) is 21.8 Å². The molecule has 0 aliphatic heterocycles. The van der Waals surface area contributed by atoms with E-state index in [2.05, 4.69) is 41.8 Å². The van der Waals surface area contributed by atoms with Crippen molar-refractivity contribution < 1.29 is 4.79 Å². The van der Waals surface area contributed by atoms with Crippen LogP contribution in [-0.2, 0) is 10.7 Å². The minimum absolute atomic E-state index is 0.151. The van der Waals surface area contributed by atoms with Crippen LogP contribution in [0, 0.1) is 0 Å². The van der Waals surface area contributed by atoms with Crippen LogP contribution in [0.5, 0.6) is 0 Å². The van der Waals surface area contributed by atoms with Gasteiger partial charge in [0.25, 0.3) is 0 Å². The number of pyridine rings is 2. The zero-order chi connectivity index (χ0) is 14.7. The summed E-state index contributed by atoms with van der Waals surface area (Å²) in [6.45, 7) is 0. The Bertz CT molecular complexity index is 609. The molecule has 0 aliphatic carbocycles. The first-order valence-electron chi connectivity index (χ1n) is 5.54. The molecule has 0 radical (unpaired) electrons. The Labute approximate surface area is 143 Å². The van der Waals surface area contributed by atoms with Gasteiger partial charge in [0.1, 0.15) is 10.3 Å². The molecule has 2 rings (SSSR count). The van der Waals surface area contributed by atoms with Gasteiger partial charge in [-0.3, -0.25) is 4.79 Å². The zero-order valence-corrected chi connectivity index (χ0v) is 14.7. The number of aromatic nitrogens is 2. The van der Waals surface area contributed by atoms with Crippen molar-refractivity contribution in [2.45, 2.75) is 10.7 Å². The Hall–Kier alpha value is -0.490. The van der Waals surface area contributed by atoms with Crippen molar-refractivity contribution in [1.29, 1.82) is 0 Å². The molecule has 0 aliphatic rings. The number of hydrogen-bond donors (Lipinski definition) is 0. The molecular weight excluding hydrogens is 431 g/mol. The summed E-state index contributed by atoms with van der Waals surface area (Å²) in [7, 11) is 0. The third kappa shape index (κ3) is 3.39. The van der Waals surface area contributed by atoms with Crippen LogP contribution in [0.2, 0.25) is 10.3 Å².